The summed E-state index contributed by atoms with van der Waals surface area (Å²) < 4.78 is 18.7. The number of thiophene rings is 1. The Hall–Kier alpha value is -2.77. The Morgan fingerprint density at radius 1 is 0.979 bits per heavy atom. The molecule has 3 fully saturated rings. The number of amides is 2. The predicted molar refractivity (Wildman–Crippen MR) is 186 cm³/mol. The second-order valence-electron chi connectivity index (χ2n) is 12.9. The number of anilines is 1. The molecular weight excluding hydrogens is 677 g/mol. The molecule has 0 radical (unpaired) electrons. The minimum atomic E-state index is -0.747. The van der Waals surface area contributed by atoms with Crippen molar-refractivity contribution in [1.29, 1.82) is 0 Å². The van der Waals surface area contributed by atoms with Crippen LogP contribution in [0.25, 0.3) is 10.1 Å². The number of carboxylic acid groups (broad SMARTS) is 1. The van der Waals surface area contributed by atoms with Crippen molar-refractivity contribution in [2.45, 2.75) is 68.9 Å². The summed E-state index contributed by atoms with van der Waals surface area (Å²) in [7, 11) is 3.38. The van der Waals surface area contributed by atoms with Gasteiger partial charge in [0, 0.05) is 60.4 Å². The molecule has 1 aromatic heterocycles. The molecule has 258 valence electrons. The molecule has 4 atom stereocenters. The maximum Gasteiger partial charge on any atom is 0.306 e. The van der Waals surface area contributed by atoms with Gasteiger partial charge in [0.1, 0.15) is 0 Å². The predicted octanol–water partition coefficient (Wildman–Crippen LogP) is 5.98. The standard InChI is InChI=1S/C35H41Cl2N3O7S/c1-45-30-16-39(17-31(30)46-2)22-13-23(18-47-24-9-7-20(8-10-24)35(43)44)40(15-22)33(41)12-21-11-28(37)29(14-27(21)36)38-34(42)26-19-48-32-6-4-3-5-25(26)32/h3-6,11,14,19-20,22-24,30-31H,7-10,12-13,15-18H2,1-2H3,(H,38,42)(H,43,44)/t20?,22-,23-,24?,30-,31?/m0/s1. The summed E-state index contributed by atoms with van der Waals surface area (Å²) in [5, 5.41) is 15.6. The fraction of sp³-hybridized carbons (Fsp3) is 0.514. The summed E-state index contributed by atoms with van der Waals surface area (Å²) in [6, 6.07) is 10.9. The van der Waals surface area contributed by atoms with Crippen molar-refractivity contribution < 1.29 is 33.7 Å². The summed E-state index contributed by atoms with van der Waals surface area (Å²) in [6.45, 7) is 2.32. The van der Waals surface area contributed by atoms with E-state index < -0.39 is 5.97 Å². The van der Waals surface area contributed by atoms with Gasteiger partial charge in [-0.15, -0.1) is 11.3 Å². The molecule has 0 bridgehead atoms. The van der Waals surface area contributed by atoms with Gasteiger partial charge in [0.2, 0.25) is 5.91 Å². The zero-order valence-electron chi connectivity index (χ0n) is 27.0. The smallest absolute Gasteiger partial charge is 0.306 e. The second-order valence-corrected chi connectivity index (χ2v) is 14.7. The Morgan fingerprint density at radius 3 is 2.38 bits per heavy atom. The lowest BCUT2D eigenvalue weighted by Crippen LogP contribution is -2.41. The minimum Gasteiger partial charge on any atom is -0.481 e. The zero-order chi connectivity index (χ0) is 33.9. The Balaban J connectivity index is 1.14. The molecule has 10 nitrogen and oxygen atoms in total. The van der Waals surface area contributed by atoms with Gasteiger partial charge in [0.15, 0.2) is 0 Å². The van der Waals surface area contributed by atoms with Crippen molar-refractivity contribution in [3.05, 3.63) is 63.0 Å². The number of methoxy groups -OCH3 is 2. The first-order valence-corrected chi connectivity index (χ1v) is 18.0. The number of ether oxygens (including phenoxy) is 3. The number of carbonyl (C=O) groups is 3. The van der Waals surface area contributed by atoms with Crippen LogP contribution in [0.1, 0.15) is 48.0 Å². The average Bonchev–Trinajstić information content (AvgIpc) is 3.83. The average molecular weight is 719 g/mol. The fourth-order valence-electron chi connectivity index (χ4n) is 7.29. The Labute approximate surface area is 294 Å². The SMILES string of the molecule is COC1CN([C@H]2C[C@@H](COC3CCC(C(=O)O)CC3)N(C(=O)Cc3cc(Cl)c(NC(=O)c4csc5ccccc45)cc3Cl)C2)C[C@@H]1OC. The summed E-state index contributed by atoms with van der Waals surface area (Å²) in [4.78, 5) is 42.7. The number of nitrogens with zero attached hydrogens (tertiary/aromatic N) is 2. The van der Waals surface area contributed by atoms with Crippen molar-refractivity contribution in [2.75, 3.05) is 45.8 Å². The Kier molecular flexibility index (Phi) is 11.3. The van der Waals surface area contributed by atoms with Crippen LogP contribution in [-0.2, 0) is 30.2 Å². The number of benzene rings is 2. The van der Waals surface area contributed by atoms with Gasteiger partial charge in [-0.2, -0.15) is 0 Å². The molecule has 1 aliphatic carbocycles. The molecule has 1 unspecified atom stereocenters. The number of carbonyl (C=O) groups excluding carboxylic acids is 2. The zero-order valence-corrected chi connectivity index (χ0v) is 29.4. The second kappa shape index (κ2) is 15.4. The van der Waals surface area contributed by atoms with Crippen LogP contribution in [0.2, 0.25) is 10.0 Å². The highest BCUT2D eigenvalue weighted by Crippen LogP contribution is 2.34. The molecule has 2 aromatic carbocycles. The van der Waals surface area contributed by atoms with Gasteiger partial charge in [-0.25, -0.2) is 0 Å². The van der Waals surface area contributed by atoms with E-state index in [-0.39, 0.29) is 54.5 Å². The van der Waals surface area contributed by atoms with Crippen molar-refractivity contribution in [3.8, 4) is 0 Å². The van der Waals surface area contributed by atoms with Gasteiger partial charge < -0.3 is 29.5 Å². The third-order valence-electron chi connectivity index (χ3n) is 10.1. The third-order valence-corrected chi connectivity index (χ3v) is 11.7. The molecule has 3 aromatic rings. The van der Waals surface area contributed by atoms with Crippen LogP contribution in [0, 0.1) is 5.92 Å². The van der Waals surface area contributed by atoms with Gasteiger partial charge in [-0.3, -0.25) is 19.3 Å². The van der Waals surface area contributed by atoms with E-state index >= 15 is 0 Å². The van der Waals surface area contributed by atoms with Crippen molar-refractivity contribution >= 4 is 68.1 Å². The summed E-state index contributed by atoms with van der Waals surface area (Å²) in [5.74, 6) is -1.44. The topological polar surface area (TPSA) is 118 Å². The normalized spacial score (nSPS) is 26.3. The van der Waals surface area contributed by atoms with Gasteiger partial charge in [0.25, 0.3) is 5.91 Å². The number of hydrogen-bond donors (Lipinski definition) is 2. The largest absolute Gasteiger partial charge is 0.481 e. The fourth-order valence-corrected chi connectivity index (χ4v) is 8.70. The van der Waals surface area contributed by atoms with Crippen molar-refractivity contribution in [2.24, 2.45) is 5.92 Å². The molecule has 2 N–H and O–H groups in total. The lowest BCUT2D eigenvalue weighted by Gasteiger charge is -2.30. The minimum absolute atomic E-state index is 0.0257. The highest BCUT2D eigenvalue weighted by atomic mass is 35.5. The van der Waals surface area contributed by atoms with Gasteiger partial charge >= 0.3 is 5.97 Å². The van der Waals surface area contributed by atoms with E-state index in [4.69, 9.17) is 37.4 Å². The molecule has 2 saturated heterocycles. The lowest BCUT2D eigenvalue weighted by molar-refractivity contribution is -0.144. The molecule has 0 spiro atoms. The van der Waals surface area contributed by atoms with E-state index in [0.717, 1.165) is 16.5 Å². The first-order chi connectivity index (χ1) is 23.1. The number of fused-ring (bicyclic) bond motifs is 1. The van der Waals surface area contributed by atoms with Gasteiger partial charge in [-0.05, 0) is 55.9 Å². The third kappa shape index (κ3) is 7.67. The Bertz CT molecular complexity index is 1630. The maximum absolute atomic E-state index is 14.0. The van der Waals surface area contributed by atoms with E-state index in [1.165, 1.54) is 11.3 Å². The van der Waals surface area contributed by atoms with Gasteiger partial charge in [-0.1, -0.05) is 41.4 Å². The van der Waals surface area contributed by atoms with Crippen molar-refractivity contribution in [1.82, 2.24) is 9.80 Å². The summed E-state index contributed by atoms with van der Waals surface area (Å²) >= 11 is 14.8. The monoisotopic (exact) mass is 717 g/mol. The first kappa shape index (κ1) is 35.1. The molecule has 6 rings (SSSR count). The quantitative estimate of drug-likeness (QED) is 0.249. The van der Waals surface area contributed by atoms with Crippen LogP contribution >= 0.6 is 34.5 Å². The van der Waals surface area contributed by atoms with Crippen LogP contribution < -0.4 is 5.32 Å². The number of hydrogen-bond acceptors (Lipinski definition) is 8. The highest BCUT2D eigenvalue weighted by Gasteiger charge is 2.43. The van der Waals surface area contributed by atoms with E-state index in [1.807, 2.05) is 34.5 Å². The van der Waals surface area contributed by atoms with E-state index in [9.17, 15) is 19.5 Å². The number of rotatable bonds is 11. The summed E-state index contributed by atoms with van der Waals surface area (Å²) in [5.41, 5.74) is 1.50. The van der Waals surface area contributed by atoms with E-state index in [0.29, 0.717) is 78.8 Å². The molecule has 48 heavy (non-hydrogen) atoms. The number of likely N-dealkylation sites (tertiary alicyclic amines) is 2. The first-order valence-electron chi connectivity index (χ1n) is 16.3. The van der Waals surface area contributed by atoms with Crippen LogP contribution in [-0.4, -0.2) is 104 Å². The number of halogens is 2. The van der Waals surface area contributed by atoms with Gasteiger partial charge in [0.05, 0.1) is 59.6 Å². The molecule has 1 saturated carbocycles. The summed E-state index contributed by atoms with van der Waals surface area (Å²) in [6.07, 6.45) is 3.24. The molecular formula is C35H41Cl2N3O7S. The molecule has 13 heteroatoms. The maximum atomic E-state index is 14.0. The van der Waals surface area contributed by atoms with Crippen molar-refractivity contribution in [3.63, 3.8) is 0 Å². The molecule has 2 aliphatic heterocycles. The number of nitrogens with one attached hydrogen (secondary N) is 1. The molecule has 2 amide bonds. The Morgan fingerprint density at radius 2 is 1.69 bits per heavy atom. The lowest BCUT2D eigenvalue weighted by atomic mass is 9.87. The van der Waals surface area contributed by atoms with E-state index in [1.54, 1.807) is 26.4 Å². The van der Waals surface area contributed by atoms with Crippen LogP contribution in [0.5, 0.6) is 0 Å². The van der Waals surface area contributed by atoms with Crippen LogP contribution in [0.4, 0.5) is 5.69 Å². The number of aliphatic carboxylic acids is 1. The molecule has 3 aliphatic rings. The highest BCUT2D eigenvalue weighted by molar-refractivity contribution is 7.17. The molecule has 3 heterocycles. The number of carboxylic acids is 1. The van der Waals surface area contributed by atoms with E-state index in [2.05, 4.69) is 10.2 Å². The van der Waals surface area contributed by atoms with Crippen LogP contribution in [0.3, 0.4) is 0 Å². The van der Waals surface area contributed by atoms with Crippen LogP contribution in [0.15, 0.2) is 41.8 Å².